The Kier molecular flexibility index (Phi) is 7.50. The Bertz CT molecular complexity index is 1220. The van der Waals surface area contributed by atoms with Crippen molar-refractivity contribution in [1.82, 2.24) is 0 Å². The van der Waals surface area contributed by atoms with Crippen molar-refractivity contribution in [1.29, 1.82) is 0 Å². The molecule has 1 N–H and O–H groups in total. The first-order chi connectivity index (χ1) is 15.4. The summed E-state index contributed by atoms with van der Waals surface area (Å²) in [4.78, 5) is 23.4. The lowest BCUT2D eigenvalue weighted by molar-refractivity contribution is -0.118. The van der Waals surface area contributed by atoms with Crippen molar-refractivity contribution in [3.05, 3.63) is 83.4 Å². The quantitative estimate of drug-likeness (QED) is 0.466. The van der Waals surface area contributed by atoms with E-state index in [2.05, 4.69) is 5.32 Å². The number of sulfonamides is 1. The molecule has 0 radical (unpaired) electrons. The predicted molar refractivity (Wildman–Crippen MR) is 124 cm³/mol. The lowest BCUT2D eigenvalue weighted by Crippen LogP contribution is -2.30. The predicted octanol–water partition coefficient (Wildman–Crippen LogP) is 4.39. The van der Waals surface area contributed by atoms with Crippen molar-refractivity contribution in [2.75, 3.05) is 22.8 Å². The molecule has 0 unspecified atom stereocenters. The SMILES string of the molecule is CCN(c1ccccc1)S(=O)(=O)c1ccc(Cl)c(NC(=O)COc2ccccc2C=O)c1. The van der Waals surface area contributed by atoms with Crippen molar-refractivity contribution in [3.8, 4) is 5.75 Å². The number of carbonyl (C=O) groups is 2. The number of aldehydes is 1. The molecule has 3 aromatic rings. The van der Waals surface area contributed by atoms with E-state index in [1.807, 2.05) is 0 Å². The summed E-state index contributed by atoms with van der Waals surface area (Å²) in [5.74, 6) is -0.293. The van der Waals surface area contributed by atoms with Crippen molar-refractivity contribution < 1.29 is 22.7 Å². The topological polar surface area (TPSA) is 92.8 Å². The Balaban J connectivity index is 1.79. The van der Waals surface area contributed by atoms with Gasteiger partial charge in [0, 0.05) is 6.54 Å². The number of benzene rings is 3. The van der Waals surface area contributed by atoms with E-state index in [9.17, 15) is 18.0 Å². The fraction of sp³-hybridized carbons (Fsp3) is 0.130. The molecule has 0 aliphatic carbocycles. The number of hydrogen-bond donors (Lipinski definition) is 1. The largest absolute Gasteiger partial charge is 0.483 e. The first-order valence-electron chi connectivity index (χ1n) is 9.71. The van der Waals surface area contributed by atoms with E-state index in [0.717, 1.165) is 0 Å². The van der Waals surface area contributed by atoms with Crippen LogP contribution in [0.4, 0.5) is 11.4 Å². The molecule has 0 fully saturated rings. The molecule has 0 saturated heterocycles. The van der Waals surface area contributed by atoms with Crippen LogP contribution in [0.15, 0.2) is 77.7 Å². The molecule has 0 heterocycles. The molecular weight excluding hydrogens is 452 g/mol. The van der Waals surface area contributed by atoms with Crippen LogP contribution in [-0.4, -0.2) is 33.8 Å². The van der Waals surface area contributed by atoms with Gasteiger partial charge in [-0.2, -0.15) is 0 Å². The van der Waals surface area contributed by atoms with Crippen LogP contribution in [0.2, 0.25) is 5.02 Å². The van der Waals surface area contributed by atoms with Crippen molar-refractivity contribution in [2.45, 2.75) is 11.8 Å². The van der Waals surface area contributed by atoms with Gasteiger partial charge in [-0.3, -0.25) is 13.9 Å². The van der Waals surface area contributed by atoms with Gasteiger partial charge in [-0.05, 0) is 49.4 Å². The first kappa shape index (κ1) is 23.3. The number of hydrogen-bond acceptors (Lipinski definition) is 5. The van der Waals surface area contributed by atoms with Gasteiger partial charge < -0.3 is 10.1 Å². The van der Waals surface area contributed by atoms with Gasteiger partial charge >= 0.3 is 0 Å². The highest BCUT2D eigenvalue weighted by Crippen LogP contribution is 2.29. The van der Waals surface area contributed by atoms with Crippen molar-refractivity contribution in [3.63, 3.8) is 0 Å². The Hall–Kier alpha value is -3.36. The molecule has 9 heteroatoms. The van der Waals surface area contributed by atoms with Crippen molar-refractivity contribution >= 4 is 45.2 Å². The van der Waals surface area contributed by atoms with Crippen LogP contribution in [-0.2, 0) is 14.8 Å². The molecule has 1 amide bonds. The number of carbonyl (C=O) groups excluding carboxylic acids is 2. The van der Waals surface area contributed by atoms with Crippen LogP contribution in [0.1, 0.15) is 17.3 Å². The zero-order valence-corrected chi connectivity index (χ0v) is 18.8. The monoisotopic (exact) mass is 472 g/mol. The van der Waals surface area contributed by atoms with Crippen LogP contribution in [0.3, 0.4) is 0 Å². The molecule has 0 saturated carbocycles. The molecule has 3 rings (SSSR count). The zero-order valence-electron chi connectivity index (χ0n) is 17.2. The van der Waals surface area contributed by atoms with Crippen molar-refractivity contribution in [2.24, 2.45) is 0 Å². The standard InChI is InChI=1S/C23H21ClN2O5S/c1-2-26(18-9-4-3-5-10-18)32(29,30)19-12-13-20(24)21(14-19)25-23(28)16-31-22-11-7-6-8-17(22)15-27/h3-15H,2,16H2,1H3,(H,25,28). The molecule has 0 atom stereocenters. The summed E-state index contributed by atoms with van der Waals surface area (Å²) < 4.78 is 33.1. The highest BCUT2D eigenvalue weighted by atomic mass is 35.5. The van der Waals surface area contributed by atoms with Crippen LogP contribution in [0.25, 0.3) is 0 Å². The number of para-hydroxylation sites is 2. The molecule has 3 aromatic carbocycles. The average Bonchev–Trinajstić information content (AvgIpc) is 2.80. The average molecular weight is 473 g/mol. The van der Waals surface area contributed by atoms with Gasteiger partial charge in [-0.15, -0.1) is 0 Å². The fourth-order valence-electron chi connectivity index (χ4n) is 3.01. The van der Waals surface area contributed by atoms with Gasteiger partial charge in [0.1, 0.15) is 5.75 Å². The third kappa shape index (κ3) is 5.27. The summed E-state index contributed by atoms with van der Waals surface area (Å²) in [5, 5.41) is 2.73. The minimum absolute atomic E-state index is 0.0184. The van der Waals surface area contributed by atoms with Gasteiger partial charge in [-0.1, -0.05) is 41.9 Å². The van der Waals surface area contributed by atoms with Gasteiger partial charge in [0.05, 0.1) is 26.9 Å². The highest BCUT2D eigenvalue weighted by Gasteiger charge is 2.24. The Morgan fingerprint density at radius 2 is 1.75 bits per heavy atom. The summed E-state index contributed by atoms with van der Waals surface area (Å²) >= 11 is 6.18. The summed E-state index contributed by atoms with van der Waals surface area (Å²) in [6.45, 7) is 1.57. The van der Waals surface area contributed by atoms with Gasteiger partial charge in [0.2, 0.25) is 0 Å². The lowest BCUT2D eigenvalue weighted by Gasteiger charge is -2.23. The number of nitrogens with one attached hydrogen (secondary N) is 1. The van der Waals surface area contributed by atoms with E-state index in [0.29, 0.717) is 17.5 Å². The minimum atomic E-state index is -3.89. The van der Waals surface area contributed by atoms with E-state index in [1.165, 1.54) is 22.5 Å². The van der Waals surface area contributed by atoms with E-state index in [4.69, 9.17) is 16.3 Å². The van der Waals surface area contributed by atoms with E-state index in [1.54, 1.807) is 61.5 Å². The number of anilines is 2. The maximum atomic E-state index is 13.2. The summed E-state index contributed by atoms with van der Waals surface area (Å²) in [7, 11) is -3.89. The lowest BCUT2D eigenvalue weighted by atomic mass is 10.2. The third-order valence-electron chi connectivity index (χ3n) is 4.54. The van der Waals surface area contributed by atoms with E-state index < -0.39 is 15.9 Å². The first-order valence-corrected chi connectivity index (χ1v) is 11.5. The molecule has 0 aromatic heterocycles. The molecule has 0 aliphatic heterocycles. The summed E-state index contributed by atoms with van der Waals surface area (Å²) in [5.41, 5.74) is 0.971. The second-order valence-corrected chi connectivity index (χ2v) is 8.91. The molecule has 32 heavy (non-hydrogen) atoms. The fourth-order valence-corrected chi connectivity index (χ4v) is 4.68. The van der Waals surface area contributed by atoms with Crippen LogP contribution in [0, 0.1) is 0 Å². The maximum absolute atomic E-state index is 13.2. The zero-order chi connectivity index (χ0) is 23.1. The highest BCUT2D eigenvalue weighted by molar-refractivity contribution is 7.92. The van der Waals surface area contributed by atoms with Crippen LogP contribution >= 0.6 is 11.6 Å². The van der Waals surface area contributed by atoms with E-state index in [-0.39, 0.29) is 34.5 Å². The number of rotatable bonds is 9. The normalized spacial score (nSPS) is 10.9. The number of halogens is 1. The third-order valence-corrected chi connectivity index (χ3v) is 6.76. The van der Waals surface area contributed by atoms with Gasteiger partial charge in [-0.25, -0.2) is 8.42 Å². The van der Waals surface area contributed by atoms with Crippen LogP contribution in [0.5, 0.6) is 5.75 Å². The Morgan fingerprint density at radius 1 is 1.06 bits per heavy atom. The number of ether oxygens (including phenoxy) is 1. The minimum Gasteiger partial charge on any atom is -0.483 e. The molecule has 0 spiro atoms. The van der Waals surface area contributed by atoms with E-state index >= 15 is 0 Å². The van der Waals surface area contributed by atoms with Crippen LogP contribution < -0.4 is 14.4 Å². The number of amides is 1. The molecule has 166 valence electrons. The van der Waals surface area contributed by atoms with Gasteiger partial charge in [0.15, 0.2) is 12.9 Å². The Labute approximate surface area is 191 Å². The second kappa shape index (κ2) is 10.3. The smallest absolute Gasteiger partial charge is 0.264 e. The summed E-state index contributed by atoms with van der Waals surface area (Å²) in [6.07, 6.45) is 0.630. The molecule has 7 nitrogen and oxygen atoms in total. The number of nitrogens with zero attached hydrogens (tertiary/aromatic N) is 1. The molecule has 0 bridgehead atoms. The van der Waals surface area contributed by atoms with Gasteiger partial charge in [0.25, 0.3) is 15.9 Å². The molecular formula is C23H21ClN2O5S. The second-order valence-electron chi connectivity index (χ2n) is 6.64. The Morgan fingerprint density at radius 3 is 2.44 bits per heavy atom. The molecule has 0 aliphatic rings. The summed E-state index contributed by atoms with van der Waals surface area (Å²) in [6, 6.07) is 19.3. The maximum Gasteiger partial charge on any atom is 0.264 e.